The molecular formula is C19H20Cl2N2O3. The van der Waals surface area contributed by atoms with E-state index in [4.69, 9.17) is 27.9 Å². The van der Waals surface area contributed by atoms with Crippen LogP contribution in [0.3, 0.4) is 0 Å². The van der Waals surface area contributed by atoms with E-state index in [1.807, 2.05) is 30.3 Å². The molecule has 0 radical (unpaired) electrons. The molecule has 26 heavy (non-hydrogen) atoms. The summed E-state index contributed by atoms with van der Waals surface area (Å²) in [7, 11) is 0. The van der Waals surface area contributed by atoms with Crippen LogP contribution in [0.1, 0.15) is 12.5 Å². The molecule has 0 aromatic heterocycles. The van der Waals surface area contributed by atoms with Gasteiger partial charge >= 0.3 is 0 Å². The number of hydrogen-bond acceptors (Lipinski definition) is 3. The Morgan fingerprint density at radius 2 is 1.77 bits per heavy atom. The topological polar surface area (TPSA) is 67.4 Å². The zero-order chi connectivity index (χ0) is 18.9. The van der Waals surface area contributed by atoms with Gasteiger partial charge in [-0.15, -0.1) is 0 Å². The lowest BCUT2D eigenvalue weighted by Crippen LogP contribution is -2.42. The van der Waals surface area contributed by atoms with Crippen LogP contribution in [0, 0.1) is 0 Å². The summed E-state index contributed by atoms with van der Waals surface area (Å²) in [4.78, 5) is 23.9. The first-order valence-corrected chi connectivity index (χ1v) is 8.92. The van der Waals surface area contributed by atoms with Crippen molar-refractivity contribution in [3.05, 3.63) is 64.1 Å². The third-order valence-corrected chi connectivity index (χ3v) is 4.39. The molecule has 7 heteroatoms. The third kappa shape index (κ3) is 6.24. The number of amides is 2. The number of carbonyl (C=O) groups excluding carboxylic acids is 2. The molecule has 0 aliphatic rings. The Kier molecular flexibility index (Phi) is 7.75. The minimum absolute atomic E-state index is 0.120. The maximum Gasteiger partial charge on any atom is 0.261 e. The Hall–Kier alpha value is -2.24. The van der Waals surface area contributed by atoms with Crippen molar-refractivity contribution in [2.75, 3.05) is 13.1 Å². The number of hydrogen-bond donors (Lipinski definition) is 2. The lowest BCUT2D eigenvalue weighted by molar-refractivity contribution is -0.130. The van der Waals surface area contributed by atoms with Gasteiger partial charge in [0.25, 0.3) is 5.91 Å². The van der Waals surface area contributed by atoms with E-state index in [0.717, 1.165) is 12.0 Å². The number of rotatable bonds is 8. The van der Waals surface area contributed by atoms with Crippen LogP contribution in [0.2, 0.25) is 10.0 Å². The second-order valence-corrected chi connectivity index (χ2v) is 6.40. The first-order valence-electron chi connectivity index (χ1n) is 8.16. The van der Waals surface area contributed by atoms with Gasteiger partial charge in [-0.3, -0.25) is 9.59 Å². The van der Waals surface area contributed by atoms with E-state index in [1.165, 1.54) is 0 Å². The zero-order valence-electron chi connectivity index (χ0n) is 14.3. The van der Waals surface area contributed by atoms with Crippen LogP contribution >= 0.6 is 23.2 Å². The molecule has 138 valence electrons. The van der Waals surface area contributed by atoms with Crippen molar-refractivity contribution >= 4 is 35.0 Å². The van der Waals surface area contributed by atoms with E-state index >= 15 is 0 Å². The second-order valence-electron chi connectivity index (χ2n) is 5.62. The number of nitrogens with one attached hydrogen (secondary N) is 2. The van der Waals surface area contributed by atoms with E-state index in [1.54, 1.807) is 25.1 Å². The van der Waals surface area contributed by atoms with Crippen molar-refractivity contribution in [2.45, 2.75) is 19.4 Å². The molecule has 0 spiro atoms. The Bertz CT molecular complexity index is 754. The van der Waals surface area contributed by atoms with E-state index in [2.05, 4.69) is 10.6 Å². The molecule has 0 heterocycles. The van der Waals surface area contributed by atoms with E-state index in [9.17, 15) is 9.59 Å². The van der Waals surface area contributed by atoms with Crippen LogP contribution in [0.15, 0.2) is 48.5 Å². The summed E-state index contributed by atoms with van der Waals surface area (Å²) in [5.41, 5.74) is 1.14. The van der Waals surface area contributed by atoms with E-state index in [-0.39, 0.29) is 17.5 Å². The highest BCUT2D eigenvalue weighted by molar-refractivity contribution is 6.42. The maximum atomic E-state index is 12.1. The molecule has 0 fully saturated rings. The van der Waals surface area contributed by atoms with Gasteiger partial charge in [-0.25, -0.2) is 0 Å². The van der Waals surface area contributed by atoms with Gasteiger partial charge in [0.1, 0.15) is 10.8 Å². The first kappa shape index (κ1) is 20.1. The van der Waals surface area contributed by atoms with Gasteiger partial charge in [0.2, 0.25) is 5.91 Å². The molecule has 5 nitrogen and oxygen atoms in total. The van der Waals surface area contributed by atoms with Crippen LogP contribution in [-0.4, -0.2) is 31.0 Å². The summed E-state index contributed by atoms with van der Waals surface area (Å²) >= 11 is 11.9. The average Bonchev–Trinajstić information content (AvgIpc) is 2.64. The van der Waals surface area contributed by atoms with Crippen molar-refractivity contribution in [1.82, 2.24) is 10.6 Å². The van der Waals surface area contributed by atoms with Gasteiger partial charge < -0.3 is 15.4 Å². The Morgan fingerprint density at radius 3 is 2.50 bits per heavy atom. The summed E-state index contributed by atoms with van der Waals surface area (Å²) in [5, 5.41) is 5.88. The molecule has 2 N–H and O–H groups in total. The number of halogens is 2. The predicted molar refractivity (Wildman–Crippen MR) is 103 cm³/mol. The highest BCUT2D eigenvalue weighted by atomic mass is 35.5. The Labute approximate surface area is 162 Å². The standard InChI is InChI=1S/C19H20Cl2N2O3/c1-13(26-16-9-5-8-15(20)18(16)21)19(25)23-12-17(24)22-11-10-14-6-3-2-4-7-14/h2-9,13H,10-12H2,1H3,(H,22,24)(H,23,25). The Balaban J connectivity index is 1.71. The summed E-state index contributed by atoms with van der Waals surface area (Å²) in [6.45, 7) is 1.95. The monoisotopic (exact) mass is 394 g/mol. The van der Waals surface area contributed by atoms with Crippen LogP contribution in [-0.2, 0) is 16.0 Å². The first-order chi connectivity index (χ1) is 12.5. The molecule has 1 unspecified atom stereocenters. The molecule has 2 aromatic rings. The number of carbonyl (C=O) groups is 2. The summed E-state index contributed by atoms with van der Waals surface area (Å²) in [6.07, 6.45) is -0.0871. The number of benzene rings is 2. The molecule has 0 aliphatic carbocycles. The maximum absolute atomic E-state index is 12.1. The fourth-order valence-electron chi connectivity index (χ4n) is 2.18. The highest BCUT2D eigenvalue weighted by Gasteiger charge is 2.17. The van der Waals surface area contributed by atoms with Crippen molar-refractivity contribution < 1.29 is 14.3 Å². The van der Waals surface area contributed by atoms with E-state index in [0.29, 0.717) is 17.3 Å². The van der Waals surface area contributed by atoms with Crippen molar-refractivity contribution in [3.8, 4) is 5.75 Å². The minimum atomic E-state index is -0.817. The molecule has 0 bridgehead atoms. The van der Waals surface area contributed by atoms with Crippen LogP contribution in [0.25, 0.3) is 0 Å². The smallest absolute Gasteiger partial charge is 0.261 e. The summed E-state index contributed by atoms with van der Waals surface area (Å²) in [5.74, 6) is -0.365. The molecular weight excluding hydrogens is 375 g/mol. The SMILES string of the molecule is CC(Oc1cccc(Cl)c1Cl)C(=O)NCC(=O)NCCc1ccccc1. The quantitative estimate of drug-likeness (QED) is 0.721. The van der Waals surface area contributed by atoms with Crippen LogP contribution < -0.4 is 15.4 Å². The van der Waals surface area contributed by atoms with E-state index < -0.39 is 12.0 Å². The highest BCUT2D eigenvalue weighted by Crippen LogP contribution is 2.32. The second kappa shape index (κ2) is 10.0. The van der Waals surface area contributed by atoms with Gasteiger partial charge in [-0.2, -0.15) is 0 Å². The number of ether oxygens (including phenoxy) is 1. The van der Waals surface area contributed by atoms with Crippen molar-refractivity contribution in [1.29, 1.82) is 0 Å². The third-order valence-electron chi connectivity index (χ3n) is 3.59. The lowest BCUT2D eigenvalue weighted by atomic mass is 10.1. The van der Waals surface area contributed by atoms with Crippen molar-refractivity contribution in [2.24, 2.45) is 0 Å². The fraction of sp³-hybridized carbons (Fsp3) is 0.263. The summed E-state index contributed by atoms with van der Waals surface area (Å²) < 4.78 is 5.50. The van der Waals surface area contributed by atoms with Gasteiger partial charge in [0, 0.05) is 6.54 Å². The molecule has 2 amide bonds. The Morgan fingerprint density at radius 1 is 1.04 bits per heavy atom. The molecule has 0 saturated carbocycles. The van der Waals surface area contributed by atoms with Gasteiger partial charge in [0.05, 0.1) is 11.6 Å². The average molecular weight is 395 g/mol. The van der Waals surface area contributed by atoms with Gasteiger partial charge in [0.15, 0.2) is 6.10 Å². The van der Waals surface area contributed by atoms with Crippen molar-refractivity contribution in [3.63, 3.8) is 0 Å². The van der Waals surface area contributed by atoms with Crippen LogP contribution in [0.4, 0.5) is 0 Å². The molecule has 2 rings (SSSR count). The lowest BCUT2D eigenvalue weighted by Gasteiger charge is -2.16. The fourth-order valence-corrected chi connectivity index (χ4v) is 2.52. The normalized spacial score (nSPS) is 11.5. The molecule has 1 atom stereocenters. The zero-order valence-corrected chi connectivity index (χ0v) is 15.8. The molecule has 0 aliphatic heterocycles. The minimum Gasteiger partial charge on any atom is -0.479 e. The summed E-state index contributed by atoms with van der Waals surface area (Å²) in [6, 6.07) is 14.7. The van der Waals surface area contributed by atoms with Gasteiger partial charge in [-0.1, -0.05) is 59.6 Å². The van der Waals surface area contributed by atoms with Crippen LogP contribution in [0.5, 0.6) is 5.75 Å². The predicted octanol–water partition coefficient (Wildman–Crippen LogP) is 3.24. The molecule has 0 saturated heterocycles. The molecule has 2 aromatic carbocycles. The van der Waals surface area contributed by atoms with Gasteiger partial charge in [-0.05, 0) is 31.0 Å². The largest absolute Gasteiger partial charge is 0.479 e.